The Hall–Kier alpha value is -2.00. The molecule has 2 aromatic rings. The number of halogens is 3. The van der Waals surface area contributed by atoms with Gasteiger partial charge in [-0.15, -0.1) is 0 Å². The molecule has 1 aliphatic rings. The quantitative estimate of drug-likeness (QED) is 0.458. The first-order valence-corrected chi connectivity index (χ1v) is 9.40. The smallest absolute Gasteiger partial charge is 0.379 e. The van der Waals surface area contributed by atoms with Crippen LogP contribution in [0.2, 0.25) is 0 Å². The van der Waals surface area contributed by atoms with Gasteiger partial charge < -0.3 is 13.7 Å². The lowest BCUT2D eigenvalue weighted by molar-refractivity contribution is -0.0521. The minimum Gasteiger partial charge on any atom is -0.379 e. The number of rotatable bonds is 3. The topological polar surface area (TPSA) is 51.5 Å². The highest BCUT2D eigenvalue weighted by atomic mass is 32.2. The number of nitrogens with zero attached hydrogens (tertiary/aromatic N) is 2. The van der Waals surface area contributed by atoms with Gasteiger partial charge in [-0.25, -0.2) is 0 Å². The first kappa shape index (κ1) is 18.8. The molecule has 9 heteroatoms. The van der Waals surface area contributed by atoms with Crippen LogP contribution in [-0.4, -0.2) is 37.0 Å². The highest BCUT2D eigenvalue weighted by molar-refractivity contribution is 7.87. The fraction of sp³-hybridized carbons (Fsp3) is 0.412. The Morgan fingerprint density at radius 3 is 2.65 bits per heavy atom. The largest absolute Gasteiger partial charge is 0.534 e. The standard InChI is InChI=1S/C17H19F3N2O3S/c1-11-4-5-15-13(8-11)14-10-21(3)7-6-16(14)22(15)9-12(2)25-26(23,24)17(18,19)20/h4-5,8-9H,6-7,10H2,1-3H3. The van der Waals surface area contributed by atoms with Crippen molar-refractivity contribution >= 4 is 27.2 Å². The SMILES string of the molecule is CC(=Cn1c2c(c3cc(C)ccc31)CN(C)CC2)OS(=O)(=O)C(F)(F)F. The van der Waals surface area contributed by atoms with Crippen LogP contribution in [0, 0.1) is 6.92 Å². The number of allylic oxidation sites excluding steroid dienone is 1. The average molecular weight is 388 g/mol. The van der Waals surface area contributed by atoms with E-state index in [1.807, 2.05) is 32.2 Å². The van der Waals surface area contributed by atoms with Gasteiger partial charge in [0, 0.05) is 36.8 Å². The molecule has 0 bridgehead atoms. The molecule has 2 heterocycles. The molecular weight excluding hydrogens is 369 g/mol. The normalized spacial score (nSPS) is 16.8. The summed E-state index contributed by atoms with van der Waals surface area (Å²) in [5, 5.41) is 1.01. The van der Waals surface area contributed by atoms with Gasteiger partial charge in [0.2, 0.25) is 0 Å². The van der Waals surface area contributed by atoms with Crippen LogP contribution in [-0.2, 0) is 27.3 Å². The molecule has 0 N–H and O–H groups in total. The molecule has 0 unspecified atom stereocenters. The Balaban J connectivity index is 2.11. The first-order chi connectivity index (χ1) is 12.0. The van der Waals surface area contributed by atoms with E-state index in [-0.39, 0.29) is 5.76 Å². The molecule has 0 fully saturated rings. The maximum absolute atomic E-state index is 12.5. The summed E-state index contributed by atoms with van der Waals surface area (Å²) in [5.74, 6) is -0.346. The molecule has 142 valence electrons. The lowest BCUT2D eigenvalue weighted by Gasteiger charge is -2.23. The summed E-state index contributed by atoms with van der Waals surface area (Å²) in [7, 11) is -3.68. The number of aryl methyl sites for hydroxylation is 1. The van der Waals surface area contributed by atoms with E-state index in [2.05, 4.69) is 9.08 Å². The van der Waals surface area contributed by atoms with Gasteiger partial charge in [-0.2, -0.15) is 21.6 Å². The van der Waals surface area contributed by atoms with Crippen molar-refractivity contribution in [3.8, 4) is 0 Å². The van der Waals surface area contributed by atoms with Gasteiger partial charge >= 0.3 is 15.6 Å². The van der Waals surface area contributed by atoms with Gasteiger partial charge in [0.05, 0.1) is 5.52 Å². The van der Waals surface area contributed by atoms with Crippen LogP contribution in [0.3, 0.4) is 0 Å². The number of hydrogen-bond donors (Lipinski definition) is 0. The highest BCUT2D eigenvalue weighted by Crippen LogP contribution is 2.33. The Bertz CT molecular complexity index is 991. The Labute approximate surface area is 149 Å². The van der Waals surface area contributed by atoms with Crippen LogP contribution >= 0.6 is 0 Å². The molecule has 1 aliphatic heterocycles. The first-order valence-electron chi connectivity index (χ1n) is 7.99. The van der Waals surface area contributed by atoms with E-state index in [9.17, 15) is 21.6 Å². The fourth-order valence-electron chi connectivity index (χ4n) is 3.21. The lowest BCUT2D eigenvalue weighted by Crippen LogP contribution is -2.27. The molecule has 0 saturated carbocycles. The van der Waals surface area contributed by atoms with Crippen molar-refractivity contribution in [2.75, 3.05) is 13.6 Å². The molecule has 1 aromatic carbocycles. The van der Waals surface area contributed by atoms with Crippen molar-refractivity contribution in [2.45, 2.75) is 32.3 Å². The van der Waals surface area contributed by atoms with Crippen LogP contribution < -0.4 is 0 Å². The molecule has 26 heavy (non-hydrogen) atoms. The second-order valence-electron chi connectivity index (χ2n) is 6.53. The summed E-state index contributed by atoms with van der Waals surface area (Å²) in [6.45, 7) is 4.69. The maximum atomic E-state index is 12.5. The molecule has 0 radical (unpaired) electrons. The monoisotopic (exact) mass is 388 g/mol. The van der Waals surface area contributed by atoms with E-state index in [4.69, 9.17) is 0 Å². The van der Waals surface area contributed by atoms with E-state index in [1.165, 1.54) is 13.1 Å². The molecule has 0 saturated heterocycles. The van der Waals surface area contributed by atoms with E-state index in [1.54, 1.807) is 4.57 Å². The van der Waals surface area contributed by atoms with E-state index in [0.29, 0.717) is 6.42 Å². The Morgan fingerprint density at radius 1 is 1.31 bits per heavy atom. The molecule has 0 aliphatic carbocycles. The highest BCUT2D eigenvalue weighted by Gasteiger charge is 2.48. The fourth-order valence-corrected chi connectivity index (χ4v) is 3.70. The van der Waals surface area contributed by atoms with Gasteiger partial charge in [0.1, 0.15) is 5.76 Å². The number of fused-ring (bicyclic) bond motifs is 3. The summed E-state index contributed by atoms with van der Waals surface area (Å²) in [4.78, 5) is 2.16. The maximum Gasteiger partial charge on any atom is 0.534 e. The second-order valence-corrected chi connectivity index (χ2v) is 8.06. The van der Waals surface area contributed by atoms with Crippen molar-refractivity contribution < 1.29 is 25.8 Å². The summed E-state index contributed by atoms with van der Waals surface area (Å²) in [6.07, 6.45) is 2.01. The zero-order chi connectivity index (χ0) is 19.3. The zero-order valence-electron chi connectivity index (χ0n) is 14.6. The third-order valence-corrected chi connectivity index (χ3v) is 5.42. The molecule has 0 spiro atoms. The minimum atomic E-state index is -5.68. The summed E-state index contributed by atoms with van der Waals surface area (Å²) in [5.41, 5.74) is -1.53. The van der Waals surface area contributed by atoms with Crippen molar-refractivity contribution in [2.24, 2.45) is 0 Å². The lowest BCUT2D eigenvalue weighted by atomic mass is 10.0. The average Bonchev–Trinajstić information content (AvgIpc) is 2.78. The summed E-state index contributed by atoms with van der Waals surface area (Å²) >= 11 is 0. The molecule has 3 rings (SSSR count). The van der Waals surface area contributed by atoms with Gasteiger partial charge in [0.15, 0.2) is 0 Å². The summed E-state index contributed by atoms with van der Waals surface area (Å²) in [6, 6.07) is 5.82. The van der Waals surface area contributed by atoms with Crippen LogP contribution in [0.1, 0.15) is 23.7 Å². The van der Waals surface area contributed by atoms with E-state index < -0.39 is 15.6 Å². The van der Waals surface area contributed by atoms with Crippen molar-refractivity contribution in [1.82, 2.24) is 9.47 Å². The predicted molar refractivity (Wildman–Crippen MR) is 92.7 cm³/mol. The second kappa shape index (κ2) is 6.31. The van der Waals surface area contributed by atoms with Crippen molar-refractivity contribution in [3.63, 3.8) is 0 Å². The number of aromatic nitrogens is 1. The van der Waals surface area contributed by atoms with Gasteiger partial charge in [-0.3, -0.25) is 0 Å². The van der Waals surface area contributed by atoms with Crippen LogP contribution in [0.4, 0.5) is 13.2 Å². The van der Waals surface area contributed by atoms with Crippen molar-refractivity contribution in [3.05, 3.63) is 40.8 Å². The molecular formula is C17H19F3N2O3S. The Kier molecular flexibility index (Phi) is 4.56. The van der Waals surface area contributed by atoms with Crippen LogP contribution in [0.25, 0.3) is 17.1 Å². The molecule has 1 aromatic heterocycles. The molecule has 5 nitrogen and oxygen atoms in total. The minimum absolute atomic E-state index is 0.346. The number of benzene rings is 1. The van der Waals surface area contributed by atoms with Crippen LogP contribution in [0.5, 0.6) is 0 Å². The van der Waals surface area contributed by atoms with Crippen molar-refractivity contribution in [1.29, 1.82) is 0 Å². The number of hydrogen-bond acceptors (Lipinski definition) is 4. The third-order valence-electron chi connectivity index (χ3n) is 4.37. The van der Waals surface area contributed by atoms with E-state index in [0.717, 1.165) is 40.8 Å². The summed E-state index contributed by atoms with van der Waals surface area (Å²) < 4.78 is 66.0. The van der Waals surface area contributed by atoms with Gasteiger partial charge in [-0.1, -0.05) is 11.6 Å². The number of alkyl halides is 3. The van der Waals surface area contributed by atoms with E-state index >= 15 is 0 Å². The number of likely N-dealkylation sites (N-methyl/N-ethyl adjacent to an activating group) is 1. The predicted octanol–water partition coefficient (Wildman–Crippen LogP) is 3.62. The third kappa shape index (κ3) is 3.33. The van der Waals surface area contributed by atoms with Crippen LogP contribution in [0.15, 0.2) is 24.0 Å². The molecule has 0 atom stereocenters. The molecule has 0 amide bonds. The van der Waals surface area contributed by atoms with Gasteiger partial charge in [-0.05, 0) is 38.6 Å². The van der Waals surface area contributed by atoms with Gasteiger partial charge in [0.25, 0.3) is 0 Å². The zero-order valence-corrected chi connectivity index (χ0v) is 15.4. The Morgan fingerprint density at radius 2 is 2.00 bits per heavy atom.